The van der Waals surface area contributed by atoms with Crippen molar-refractivity contribution in [2.45, 2.75) is 91.2 Å². The normalized spacial score (nSPS) is 16.4. The lowest BCUT2D eigenvalue weighted by Crippen LogP contribution is -2.54. The molecule has 3 heteroatoms. The van der Waals surface area contributed by atoms with E-state index in [9.17, 15) is 10.2 Å². The van der Waals surface area contributed by atoms with Crippen LogP contribution in [-0.2, 0) is 0 Å². The van der Waals surface area contributed by atoms with Crippen LogP contribution in [0, 0.1) is 5.92 Å². The van der Waals surface area contributed by atoms with Gasteiger partial charge in [0, 0.05) is 0 Å². The van der Waals surface area contributed by atoms with Gasteiger partial charge < -0.3 is 10.2 Å². The predicted molar refractivity (Wildman–Crippen MR) is 91.6 cm³/mol. The zero-order valence-corrected chi connectivity index (χ0v) is 15.1. The summed E-state index contributed by atoms with van der Waals surface area (Å²) < 4.78 is 0. The smallest absolute Gasteiger partial charge is 0.0796 e. The third-order valence-electron chi connectivity index (χ3n) is 4.39. The highest BCUT2D eigenvalue weighted by Crippen LogP contribution is 2.24. The van der Waals surface area contributed by atoms with Crippen LogP contribution in [0.25, 0.3) is 0 Å². The van der Waals surface area contributed by atoms with Crippen LogP contribution in [0.5, 0.6) is 0 Å². The van der Waals surface area contributed by atoms with Gasteiger partial charge in [-0.1, -0.05) is 53.4 Å². The lowest BCUT2D eigenvalue weighted by Gasteiger charge is -2.40. The molecule has 2 N–H and O–H groups in total. The minimum Gasteiger partial charge on any atom is -0.395 e. The Morgan fingerprint density at radius 2 is 1.52 bits per heavy atom. The molecule has 21 heavy (non-hydrogen) atoms. The van der Waals surface area contributed by atoms with Gasteiger partial charge in [-0.15, -0.1) is 0 Å². The van der Waals surface area contributed by atoms with Crippen molar-refractivity contribution in [1.82, 2.24) is 4.90 Å². The van der Waals surface area contributed by atoms with Gasteiger partial charge in [0.25, 0.3) is 0 Å². The van der Waals surface area contributed by atoms with Crippen molar-refractivity contribution in [2.75, 3.05) is 19.7 Å². The molecule has 0 radical (unpaired) electrons. The van der Waals surface area contributed by atoms with E-state index in [4.69, 9.17) is 0 Å². The van der Waals surface area contributed by atoms with Crippen molar-refractivity contribution >= 4 is 0 Å². The third-order valence-corrected chi connectivity index (χ3v) is 4.39. The average Bonchev–Trinajstić information content (AvgIpc) is 2.40. The van der Waals surface area contributed by atoms with Gasteiger partial charge in [-0.2, -0.15) is 0 Å². The second-order valence-corrected chi connectivity index (χ2v) is 7.08. The summed E-state index contributed by atoms with van der Waals surface area (Å²) in [4.78, 5) is 2.31. The highest BCUT2D eigenvalue weighted by Gasteiger charge is 2.34. The van der Waals surface area contributed by atoms with Gasteiger partial charge in [-0.05, 0) is 45.2 Å². The van der Waals surface area contributed by atoms with E-state index in [0.29, 0.717) is 5.92 Å². The van der Waals surface area contributed by atoms with Gasteiger partial charge in [0.2, 0.25) is 0 Å². The van der Waals surface area contributed by atoms with Crippen LogP contribution in [-0.4, -0.2) is 46.5 Å². The Morgan fingerprint density at radius 1 is 1.00 bits per heavy atom. The zero-order chi connectivity index (χ0) is 16.3. The number of nitrogens with zero attached hydrogens (tertiary/aromatic N) is 1. The quantitative estimate of drug-likeness (QED) is 0.543. The molecule has 0 aliphatic heterocycles. The summed E-state index contributed by atoms with van der Waals surface area (Å²) in [5, 5.41) is 20.7. The zero-order valence-electron chi connectivity index (χ0n) is 15.1. The summed E-state index contributed by atoms with van der Waals surface area (Å²) in [6, 6.07) is -0.136. The van der Waals surface area contributed by atoms with Crippen molar-refractivity contribution in [1.29, 1.82) is 0 Å². The fourth-order valence-corrected chi connectivity index (χ4v) is 2.89. The first-order valence-corrected chi connectivity index (χ1v) is 8.96. The molecule has 0 aromatic heterocycles. The van der Waals surface area contributed by atoms with Crippen LogP contribution in [0.15, 0.2) is 0 Å². The molecule has 0 fully saturated rings. The van der Waals surface area contributed by atoms with E-state index < -0.39 is 5.60 Å². The molecule has 0 spiro atoms. The predicted octanol–water partition coefficient (Wildman–Crippen LogP) is 3.83. The largest absolute Gasteiger partial charge is 0.395 e. The number of hydrogen-bond acceptors (Lipinski definition) is 3. The van der Waals surface area contributed by atoms with Crippen molar-refractivity contribution in [3.63, 3.8) is 0 Å². The Hall–Kier alpha value is -0.120. The second kappa shape index (κ2) is 11.4. The van der Waals surface area contributed by atoms with Crippen LogP contribution in [0.4, 0.5) is 0 Å². The summed E-state index contributed by atoms with van der Waals surface area (Å²) in [6.45, 7) is 12.7. The van der Waals surface area contributed by atoms with Gasteiger partial charge in [0.1, 0.15) is 0 Å². The first-order chi connectivity index (χ1) is 9.88. The monoisotopic (exact) mass is 301 g/mol. The Balaban J connectivity index is 4.67. The molecule has 0 aromatic rings. The molecule has 0 saturated heterocycles. The second-order valence-electron chi connectivity index (χ2n) is 7.08. The summed E-state index contributed by atoms with van der Waals surface area (Å²) in [7, 11) is 0. The molecular weight excluding hydrogens is 262 g/mol. The molecular formula is C18H39NO2. The van der Waals surface area contributed by atoms with E-state index in [1.807, 2.05) is 6.92 Å². The maximum Gasteiger partial charge on any atom is 0.0796 e. The van der Waals surface area contributed by atoms with Crippen molar-refractivity contribution < 1.29 is 10.2 Å². The van der Waals surface area contributed by atoms with Gasteiger partial charge in [0.15, 0.2) is 0 Å². The SMILES string of the molecule is CCCCN(CCCC)C(CO)C(C)(O)CCCC(C)C. The molecule has 0 amide bonds. The number of hydrogen-bond donors (Lipinski definition) is 2. The molecule has 0 bridgehead atoms. The Bertz CT molecular complexity index is 233. The van der Waals surface area contributed by atoms with Gasteiger partial charge in [0.05, 0.1) is 18.2 Å². The molecule has 0 rings (SSSR count). The van der Waals surface area contributed by atoms with Crippen LogP contribution in [0.1, 0.15) is 79.6 Å². The van der Waals surface area contributed by atoms with Crippen molar-refractivity contribution in [2.24, 2.45) is 5.92 Å². The van der Waals surface area contributed by atoms with Crippen molar-refractivity contribution in [3.05, 3.63) is 0 Å². The Kier molecular flexibility index (Phi) is 11.4. The third kappa shape index (κ3) is 8.80. The number of aliphatic hydroxyl groups excluding tert-OH is 1. The van der Waals surface area contributed by atoms with Crippen LogP contribution >= 0.6 is 0 Å². The topological polar surface area (TPSA) is 43.7 Å². The molecule has 2 atom stereocenters. The average molecular weight is 302 g/mol. The Morgan fingerprint density at radius 3 is 1.90 bits per heavy atom. The molecule has 0 aliphatic carbocycles. The van der Waals surface area contributed by atoms with E-state index in [-0.39, 0.29) is 12.6 Å². The maximum atomic E-state index is 10.9. The Labute approximate surface area is 132 Å². The van der Waals surface area contributed by atoms with Gasteiger partial charge in [-0.25, -0.2) is 0 Å². The first-order valence-electron chi connectivity index (χ1n) is 8.96. The molecule has 3 nitrogen and oxygen atoms in total. The lowest BCUT2D eigenvalue weighted by molar-refractivity contribution is -0.0627. The molecule has 0 aromatic carbocycles. The number of aliphatic hydroxyl groups is 2. The summed E-state index contributed by atoms with van der Waals surface area (Å²) >= 11 is 0. The van der Waals surface area contributed by atoms with E-state index in [2.05, 4.69) is 32.6 Å². The fourth-order valence-electron chi connectivity index (χ4n) is 2.89. The summed E-state index contributed by atoms with van der Waals surface area (Å²) in [5.41, 5.74) is -0.800. The van der Waals surface area contributed by atoms with Gasteiger partial charge in [-0.3, -0.25) is 4.90 Å². The summed E-state index contributed by atoms with van der Waals surface area (Å²) in [6.07, 6.45) is 7.48. The first kappa shape index (κ1) is 20.9. The lowest BCUT2D eigenvalue weighted by atomic mass is 9.88. The fraction of sp³-hybridized carbons (Fsp3) is 1.00. The number of unbranched alkanes of at least 4 members (excludes halogenated alkanes) is 2. The van der Waals surface area contributed by atoms with E-state index in [1.54, 1.807) is 0 Å². The molecule has 0 saturated carbocycles. The van der Waals surface area contributed by atoms with E-state index in [0.717, 1.165) is 58.0 Å². The highest BCUT2D eigenvalue weighted by molar-refractivity contribution is 4.89. The van der Waals surface area contributed by atoms with Crippen LogP contribution in [0.3, 0.4) is 0 Å². The van der Waals surface area contributed by atoms with Gasteiger partial charge >= 0.3 is 0 Å². The molecule has 128 valence electrons. The van der Waals surface area contributed by atoms with E-state index in [1.165, 1.54) is 0 Å². The van der Waals surface area contributed by atoms with Crippen molar-refractivity contribution in [3.8, 4) is 0 Å². The van der Waals surface area contributed by atoms with Crippen LogP contribution in [0.2, 0.25) is 0 Å². The minimum absolute atomic E-state index is 0.0438. The molecule has 0 heterocycles. The maximum absolute atomic E-state index is 10.9. The standard InChI is InChI=1S/C18H39NO2/c1-6-8-13-19(14-9-7-2)17(15-20)18(5,21)12-10-11-16(3)4/h16-17,20-21H,6-15H2,1-5H3. The molecule has 0 aliphatic rings. The van der Waals surface area contributed by atoms with E-state index >= 15 is 0 Å². The number of rotatable bonds is 13. The van der Waals surface area contributed by atoms with Crippen LogP contribution < -0.4 is 0 Å². The molecule has 2 unspecified atom stereocenters. The highest BCUT2D eigenvalue weighted by atomic mass is 16.3. The minimum atomic E-state index is -0.800. The summed E-state index contributed by atoms with van der Waals surface area (Å²) in [5.74, 6) is 0.671.